The molecule has 0 saturated carbocycles. The van der Waals surface area contributed by atoms with Crippen molar-refractivity contribution in [2.45, 2.75) is 6.92 Å². The van der Waals surface area contributed by atoms with Gasteiger partial charge >= 0.3 is 0 Å². The zero-order valence-corrected chi connectivity index (χ0v) is 15.7. The van der Waals surface area contributed by atoms with E-state index in [4.69, 9.17) is 0 Å². The highest BCUT2D eigenvalue weighted by atomic mass is 32.2. The Morgan fingerprint density at radius 2 is 1.80 bits per heavy atom. The lowest BCUT2D eigenvalue weighted by Gasteiger charge is -2.35. The van der Waals surface area contributed by atoms with Crippen LogP contribution < -0.4 is 0 Å². The van der Waals surface area contributed by atoms with Crippen molar-refractivity contribution in [1.82, 2.24) is 23.1 Å². The summed E-state index contributed by atoms with van der Waals surface area (Å²) in [6.07, 6.45) is 0. The van der Waals surface area contributed by atoms with E-state index in [2.05, 4.69) is 4.98 Å². The van der Waals surface area contributed by atoms with Gasteiger partial charge in [0.2, 0.25) is 0 Å². The van der Waals surface area contributed by atoms with Crippen LogP contribution in [-0.2, 0) is 17.3 Å². The van der Waals surface area contributed by atoms with Crippen LogP contribution in [0.3, 0.4) is 0 Å². The molecule has 1 aliphatic rings. The molecule has 0 aliphatic carbocycles. The Hall–Kier alpha value is -1.97. The molecule has 0 unspecified atom stereocenters. The van der Waals surface area contributed by atoms with Gasteiger partial charge < -0.3 is 9.47 Å². The van der Waals surface area contributed by atoms with Crippen molar-refractivity contribution in [3.05, 3.63) is 29.6 Å². The summed E-state index contributed by atoms with van der Waals surface area (Å²) < 4.78 is 28.9. The molecule has 0 spiro atoms. The summed E-state index contributed by atoms with van der Waals surface area (Å²) in [6, 6.07) is 5.50. The number of hydrogen-bond acceptors (Lipinski definition) is 4. The Balaban J connectivity index is 1.75. The fourth-order valence-electron chi connectivity index (χ4n) is 2.99. The van der Waals surface area contributed by atoms with Crippen LogP contribution in [0.15, 0.2) is 18.2 Å². The van der Waals surface area contributed by atoms with Crippen molar-refractivity contribution in [1.29, 1.82) is 0 Å². The van der Waals surface area contributed by atoms with Crippen LogP contribution in [0.4, 0.5) is 0 Å². The average Bonchev–Trinajstić information content (AvgIpc) is 2.88. The third kappa shape index (κ3) is 3.14. The molecule has 2 aromatic rings. The zero-order chi connectivity index (χ0) is 18.4. The summed E-state index contributed by atoms with van der Waals surface area (Å²) in [6.45, 7) is 3.29. The molecule has 1 saturated heterocycles. The second kappa shape index (κ2) is 6.40. The summed E-state index contributed by atoms with van der Waals surface area (Å²) in [5.41, 5.74) is 2.35. The maximum atomic E-state index is 12.7. The summed E-state index contributed by atoms with van der Waals surface area (Å²) in [5, 5.41) is 0. The van der Waals surface area contributed by atoms with Gasteiger partial charge in [0.05, 0.1) is 11.0 Å². The van der Waals surface area contributed by atoms with Crippen LogP contribution in [0, 0.1) is 6.92 Å². The van der Waals surface area contributed by atoms with Crippen LogP contribution >= 0.6 is 0 Å². The van der Waals surface area contributed by atoms with Gasteiger partial charge in [0.15, 0.2) is 0 Å². The maximum Gasteiger partial charge on any atom is 0.281 e. The summed E-state index contributed by atoms with van der Waals surface area (Å²) in [5.74, 6) is 0.800. The van der Waals surface area contributed by atoms with Crippen molar-refractivity contribution in [2.24, 2.45) is 7.05 Å². The largest absolute Gasteiger partial charge is 0.336 e. The van der Waals surface area contributed by atoms with Gasteiger partial charge in [0.1, 0.15) is 5.82 Å². The van der Waals surface area contributed by atoms with E-state index in [1.165, 1.54) is 22.7 Å². The minimum absolute atomic E-state index is 0.0906. The Morgan fingerprint density at radius 1 is 1.16 bits per heavy atom. The van der Waals surface area contributed by atoms with Gasteiger partial charge in [0, 0.05) is 52.9 Å². The normalized spacial score (nSPS) is 16.8. The average molecular weight is 365 g/mol. The Kier molecular flexibility index (Phi) is 4.56. The predicted molar refractivity (Wildman–Crippen MR) is 95.5 cm³/mol. The molecule has 136 valence electrons. The number of aryl methyl sites for hydroxylation is 2. The molecule has 9 heteroatoms. The summed E-state index contributed by atoms with van der Waals surface area (Å²) in [4.78, 5) is 18.9. The highest BCUT2D eigenvalue weighted by Crippen LogP contribution is 2.19. The lowest BCUT2D eigenvalue weighted by Crippen LogP contribution is -2.53. The van der Waals surface area contributed by atoms with E-state index in [1.54, 1.807) is 17.0 Å². The second-order valence-electron chi connectivity index (χ2n) is 6.40. The first-order chi connectivity index (χ1) is 11.7. The van der Waals surface area contributed by atoms with E-state index < -0.39 is 10.2 Å². The molecule has 0 N–H and O–H groups in total. The van der Waals surface area contributed by atoms with Gasteiger partial charge in [-0.1, -0.05) is 0 Å². The van der Waals surface area contributed by atoms with Gasteiger partial charge in [-0.25, -0.2) is 4.98 Å². The highest BCUT2D eigenvalue weighted by molar-refractivity contribution is 7.86. The number of benzene rings is 1. The fraction of sp³-hybridized carbons (Fsp3) is 0.500. The minimum atomic E-state index is -3.43. The predicted octanol–water partition coefficient (Wildman–Crippen LogP) is 0.446. The number of aromatic nitrogens is 2. The third-order valence-corrected chi connectivity index (χ3v) is 6.61. The van der Waals surface area contributed by atoms with Crippen LogP contribution in [0.25, 0.3) is 11.0 Å². The quantitative estimate of drug-likeness (QED) is 0.791. The van der Waals surface area contributed by atoms with Crippen LogP contribution in [0.1, 0.15) is 16.2 Å². The molecule has 8 nitrogen and oxygen atoms in total. The molecule has 0 radical (unpaired) electrons. The number of hydrogen-bond donors (Lipinski definition) is 0. The molecular weight excluding hydrogens is 342 g/mol. The number of piperazine rings is 1. The van der Waals surface area contributed by atoms with Crippen LogP contribution in [0.5, 0.6) is 0 Å². The van der Waals surface area contributed by atoms with Gasteiger partial charge in [-0.15, -0.1) is 0 Å². The number of rotatable bonds is 3. The molecule has 0 bridgehead atoms. The van der Waals surface area contributed by atoms with Crippen LogP contribution in [0.2, 0.25) is 0 Å². The van der Waals surface area contributed by atoms with Crippen molar-refractivity contribution in [2.75, 3.05) is 40.3 Å². The maximum absolute atomic E-state index is 12.7. The van der Waals surface area contributed by atoms with E-state index in [-0.39, 0.29) is 5.91 Å². The monoisotopic (exact) mass is 365 g/mol. The van der Waals surface area contributed by atoms with Crippen molar-refractivity contribution in [3.63, 3.8) is 0 Å². The van der Waals surface area contributed by atoms with E-state index in [9.17, 15) is 13.2 Å². The molecule has 1 amide bonds. The van der Waals surface area contributed by atoms with Crippen LogP contribution in [-0.4, -0.2) is 77.7 Å². The molecule has 25 heavy (non-hydrogen) atoms. The van der Waals surface area contributed by atoms with E-state index in [0.29, 0.717) is 31.7 Å². The number of fused-ring (bicyclic) bond motifs is 1. The molecule has 1 aromatic carbocycles. The number of carbonyl (C=O) groups is 1. The third-order valence-electron chi connectivity index (χ3n) is 4.66. The smallest absolute Gasteiger partial charge is 0.281 e. The molecule has 0 atom stereocenters. The van der Waals surface area contributed by atoms with Crippen molar-refractivity contribution in [3.8, 4) is 0 Å². The van der Waals surface area contributed by atoms with Gasteiger partial charge in [-0.05, 0) is 25.1 Å². The number of amides is 1. The first-order valence-electron chi connectivity index (χ1n) is 8.12. The molecule has 3 rings (SSSR count). The SMILES string of the molecule is Cc1nc2cc(C(=O)N3CCN(S(=O)(=O)N(C)C)CC3)ccc2n1C. The van der Waals surface area contributed by atoms with Gasteiger partial charge in [0.25, 0.3) is 16.1 Å². The number of imidazole rings is 1. The Morgan fingerprint density at radius 3 is 2.40 bits per heavy atom. The summed E-state index contributed by atoms with van der Waals surface area (Å²) in [7, 11) is 1.53. The van der Waals surface area contributed by atoms with Crippen molar-refractivity contribution >= 4 is 27.1 Å². The summed E-state index contributed by atoms with van der Waals surface area (Å²) >= 11 is 0. The second-order valence-corrected chi connectivity index (χ2v) is 8.55. The lowest BCUT2D eigenvalue weighted by atomic mass is 10.1. The molecule has 1 aliphatic heterocycles. The van der Waals surface area contributed by atoms with Gasteiger partial charge in [-0.3, -0.25) is 4.79 Å². The molecule has 1 aromatic heterocycles. The van der Waals surface area contributed by atoms with Gasteiger partial charge in [-0.2, -0.15) is 17.0 Å². The molecule has 2 heterocycles. The zero-order valence-electron chi connectivity index (χ0n) is 14.9. The first kappa shape index (κ1) is 17.8. The minimum Gasteiger partial charge on any atom is -0.336 e. The highest BCUT2D eigenvalue weighted by Gasteiger charge is 2.30. The topological polar surface area (TPSA) is 78.8 Å². The lowest BCUT2D eigenvalue weighted by molar-refractivity contribution is 0.0695. The Labute approximate surface area is 147 Å². The van der Waals surface area contributed by atoms with E-state index >= 15 is 0 Å². The van der Waals surface area contributed by atoms with Crippen molar-refractivity contribution < 1.29 is 13.2 Å². The fourth-order valence-corrected chi connectivity index (χ4v) is 4.08. The first-order valence-corrected chi connectivity index (χ1v) is 9.51. The standard InChI is InChI=1S/C16H23N5O3S/c1-12-17-14-11-13(5-6-15(14)19(12)4)16(22)20-7-9-21(10-8-20)25(23,24)18(2)3/h5-6,11H,7-10H2,1-4H3. The van der Waals surface area contributed by atoms with E-state index in [1.807, 2.05) is 24.6 Å². The molecular formula is C16H23N5O3S. The molecule has 1 fully saturated rings. The van der Waals surface area contributed by atoms with E-state index in [0.717, 1.165) is 16.9 Å². The Bertz CT molecular complexity index is 911. The number of carbonyl (C=O) groups excluding carboxylic acids is 1. The number of nitrogens with zero attached hydrogens (tertiary/aromatic N) is 5.